The van der Waals surface area contributed by atoms with Crippen LogP contribution in [0.25, 0.3) is 0 Å². The van der Waals surface area contributed by atoms with Crippen LogP contribution in [0.15, 0.2) is 12.1 Å². The van der Waals surface area contributed by atoms with E-state index in [9.17, 15) is 0 Å². The van der Waals surface area contributed by atoms with Gasteiger partial charge in [-0.05, 0) is 45.0 Å². The van der Waals surface area contributed by atoms with Gasteiger partial charge in [0.2, 0.25) is 0 Å². The predicted octanol–water partition coefficient (Wildman–Crippen LogP) is 3.47. The zero-order valence-electron chi connectivity index (χ0n) is 10.5. The maximum absolute atomic E-state index is 5.99. The summed E-state index contributed by atoms with van der Waals surface area (Å²) in [4.78, 5) is 2.49. The minimum atomic E-state index is 0.493. The monoisotopic (exact) mass is 287 g/mol. The fourth-order valence-electron chi connectivity index (χ4n) is 2.28. The van der Waals surface area contributed by atoms with Gasteiger partial charge in [0, 0.05) is 12.6 Å². The van der Waals surface area contributed by atoms with Crippen LogP contribution in [0.4, 0.5) is 11.4 Å². The lowest BCUT2D eigenvalue weighted by atomic mass is 10.2. The molecule has 1 aromatic rings. The predicted molar refractivity (Wildman–Crippen MR) is 79.6 cm³/mol. The lowest BCUT2D eigenvalue weighted by Crippen LogP contribution is -2.35. The first-order valence-corrected chi connectivity index (χ1v) is 7.06. The molecule has 1 fully saturated rings. The molecule has 2 rings (SSSR count). The van der Waals surface area contributed by atoms with Gasteiger partial charge in [0.05, 0.1) is 21.4 Å². The largest absolute Gasteiger partial charge is 0.397 e. The molecule has 100 valence electrons. The minimum Gasteiger partial charge on any atom is -0.397 e. The summed E-state index contributed by atoms with van der Waals surface area (Å²) >= 11 is 11.9. The fraction of sp³-hybridized carbons (Fsp3) is 0.538. The van der Waals surface area contributed by atoms with Crippen LogP contribution in [0.1, 0.15) is 19.8 Å². The van der Waals surface area contributed by atoms with E-state index in [1.807, 2.05) is 0 Å². The standard InChI is InChI=1S/C13H19Cl2N3/c1-9(18-4-2-3-5-18)8-17-13-7-11(15)10(14)6-12(13)16/h6-7,9,17H,2-5,8,16H2,1H3. The molecular weight excluding hydrogens is 269 g/mol. The van der Waals surface area contributed by atoms with E-state index >= 15 is 0 Å². The number of likely N-dealkylation sites (tertiary alicyclic amines) is 1. The fourth-order valence-corrected chi connectivity index (χ4v) is 2.62. The van der Waals surface area contributed by atoms with Crippen molar-refractivity contribution in [2.75, 3.05) is 30.7 Å². The van der Waals surface area contributed by atoms with Gasteiger partial charge in [-0.2, -0.15) is 0 Å². The Morgan fingerprint density at radius 2 is 1.89 bits per heavy atom. The number of halogens is 2. The highest BCUT2D eigenvalue weighted by Gasteiger charge is 2.17. The maximum atomic E-state index is 5.99. The van der Waals surface area contributed by atoms with Crippen molar-refractivity contribution in [2.45, 2.75) is 25.8 Å². The summed E-state index contributed by atoms with van der Waals surface area (Å²) in [5.41, 5.74) is 7.40. The SMILES string of the molecule is CC(CNc1cc(Cl)c(Cl)cc1N)N1CCCC1. The van der Waals surface area contributed by atoms with Gasteiger partial charge in [0.1, 0.15) is 0 Å². The van der Waals surface area contributed by atoms with Crippen molar-refractivity contribution < 1.29 is 0 Å². The highest BCUT2D eigenvalue weighted by molar-refractivity contribution is 6.42. The van der Waals surface area contributed by atoms with Crippen molar-refractivity contribution in [1.82, 2.24) is 4.90 Å². The summed E-state index contributed by atoms with van der Waals surface area (Å²) in [5, 5.41) is 4.37. The number of nitrogens with two attached hydrogens (primary N) is 1. The van der Waals surface area contributed by atoms with E-state index in [2.05, 4.69) is 17.1 Å². The van der Waals surface area contributed by atoms with Crippen molar-refractivity contribution in [3.63, 3.8) is 0 Å². The molecule has 18 heavy (non-hydrogen) atoms. The molecule has 0 bridgehead atoms. The summed E-state index contributed by atoms with van der Waals surface area (Å²) in [6, 6.07) is 3.98. The first kappa shape index (κ1) is 13.8. The third-order valence-electron chi connectivity index (χ3n) is 3.44. The molecule has 3 nitrogen and oxygen atoms in total. The van der Waals surface area contributed by atoms with Crippen molar-refractivity contribution in [1.29, 1.82) is 0 Å². The molecule has 0 saturated carbocycles. The number of benzene rings is 1. The second-order valence-electron chi connectivity index (χ2n) is 4.83. The van der Waals surface area contributed by atoms with Gasteiger partial charge in [-0.1, -0.05) is 23.2 Å². The van der Waals surface area contributed by atoms with Crippen LogP contribution in [-0.2, 0) is 0 Å². The van der Waals surface area contributed by atoms with Crippen LogP contribution in [0.3, 0.4) is 0 Å². The van der Waals surface area contributed by atoms with E-state index in [1.54, 1.807) is 12.1 Å². The van der Waals surface area contributed by atoms with Crippen molar-refractivity contribution in [3.8, 4) is 0 Å². The minimum absolute atomic E-state index is 0.493. The summed E-state index contributed by atoms with van der Waals surface area (Å²) < 4.78 is 0. The Kier molecular flexibility index (Phi) is 4.60. The van der Waals surface area contributed by atoms with Crippen molar-refractivity contribution >= 4 is 34.6 Å². The Morgan fingerprint density at radius 1 is 1.28 bits per heavy atom. The summed E-state index contributed by atoms with van der Waals surface area (Å²) in [6.45, 7) is 5.48. The molecular formula is C13H19Cl2N3. The first-order valence-electron chi connectivity index (χ1n) is 6.30. The molecule has 0 aromatic heterocycles. The molecule has 1 unspecified atom stereocenters. The Labute approximate surface area is 118 Å². The number of nitrogens with one attached hydrogen (secondary N) is 1. The van der Waals surface area contributed by atoms with Gasteiger partial charge in [0.15, 0.2) is 0 Å². The summed E-state index contributed by atoms with van der Waals surface area (Å²) in [7, 11) is 0. The van der Waals surface area contributed by atoms with Gasteiger partial charge in [-0.25, -0.2) is 0 Å². The molecule has 0 aliphatic carbocycles. The van der Waals surface area contributed by atoms with Crippen molar-refractivity contribution in [2.24, 2.45) is 0 Å². The lowest BCUT2D eigenvalue weighted by molar-refractivity contribution is 0.269. The zero-order valence-corrected chi connectivity index (χ0v) is 12.1. The molecule has 5 heteroatoms. The number of hydrogen-bond acceptors (Lipinski definition) is 3. The molecule has 3 N–H and O–H groups in total. The third-order valence-corrected chi connectivity index (χ3v) is 4.17. The molecule has 1 aliphatic rings. The van der Waals surface area contributed by atoms with E-state index in [4.69, 9.17) is 28.9 Å². The van der Waals surface area contributed by atoms with Crippen LogP contribution in [-0.4, -0.2) is 30.6 Å². The molecule has 1 aromatic carbocycles. The van der Waals surface area contributed by atoms with E-state index in [0.717, 1.165) is 12.2 Å². The number of hydrogen-bond donors (Lipinski definition) is 2. The maximum Gasteiger partial charge on any atom is 0.0614 e. The van der Waals surface area contributed by atoms with E-state index < -0.39 is 0 Å². The van der Waals surface area contributed by atoms with Crippen molar-refractivity contribution in [3.05, 3.63) is 22.2 Å². The topological polar surface area (TPSA) is 41.3 Å². The van der Waals surface area contributed by atoms with Crippen LogP contribution in [0.2, 0.25) is 10.0 Å². The molecule has 0 spiro atoms. The highest BCUT2D eigenvalue weighted by atomic mass is 35.5. The smallest absolute Gasteiger partial charge is 0.0614 e. The summed E-state index contributed by atoms with van der Waals surface area (Å²) in [5.74, 6) is 0. The van der Waals surface area contributed by atoms with Crippen LogP contribution < -0.4 is 11.1 Å². The Morgan fingerprint density at radius 3 is 2.56 bits per heavy atom. The number of anilines is 2. The molecule has 0 amide bonds. The quantitative estimate of drug-likeness (QED) is 0.833. The average Bonchev–Trinajstić information content (AvgIpc) is 2.85. The van der Waals surface area contributed by atoms with E-state index in [0.29, 0.717) is 21.8 Å². The molecule has 1 heterocycles. The Bertz CT molecular complexity index is 417. The highest BCUT2D eigenvalue weighted by Crippen LogP contribution is 2.30. The van der Waals surface area contributed by atoms with Crippen LogP contribution in [0, 0.1) is 0 Å². The molecule has 1 atom stereocenters. The summed E-state index contributed by atoms with van der Waals surface area (Å²) in [6.07, 6.45) is 2.61. The Balaban J connectivity index is 1.95. The molecule has 1 aliphatic heterocycles. The van der Waals surface area contributed by atoms with Gasteiger partial charge in [-0.15, -0.1) is 0 Å². The second kappa shape index (κ2) is 6.00. The zero-order chi connectivity index (χ0) is 13.1. The van der Waals surface area contributed by atoms with E-state index in [1.165, 1.54) is 25.9 Å². The molecule has 1 saturated heterocycles. The third kappa shape index (κ3) is 3.22. The number of nitrogen functional groups attached to an aromatic ring is 1. The Hall–Kier alpha value is -0.640. The van der Waals surface area contributed by atoms with Crippen LogP contribution in [0.5, 0.6) is 0 Å². The normalized spacial score (nSPS) is 17.9. The average molecular weight is 288 g/mol. The van der Waals surface area contributed by atoms with Crippen LogP contribution >= 0.6 is 23.2 Å². The number of rotatable bonds is 4. The number of nitrogens with zero attached hydrogens (tertiary/aromatic N) is 1. The molecule has 0 radical (unpaired) electrons. The lowest BCUT2D eigenvalue weighted by Gasteiger charge is -2.24. The second-order valence-corrected chi connectivity index (χ2v) is 5.64. The first-order chi connectivity index (χ1) is 8.58. The van der Waals surface area contributed by atoms with Gasteiger partial charge in [-0.3, -0.25) is 4.90 Å². The van der Waals surface area contributed by atoms with E-state index in [-0.39, 0.29) is 0 Å². The van der Waals surface area contributed by atoms with Gasteiger partial charge >= 0.3 is 0 Å². The van der Waals surface area contributed by atoms with Gasteiger partial charge in [0.25, 0.3) is 0 Å². The van der Waals surface area contributed by atoms with Gasteiger partial charge < -0.3 is 11.1 Å².